The van der Waals surface area contributed by atoms with Crippen LogP contribution >= 0.6 is 23.2 Å². The maximum absolute atomic E-state index is 12.8. The van der Waals surface area contributed by atoms with E-state index in [1.165, 1.54) is 17.0 Å². The second-order valence-corrected chi connectivity index (χ2v) is 7.39. The summed E-state index contributed by atoms with van der Waals surface area (Å²) in [5, 5.41) is 5.62. The van der Waals surface area contributed by atoms with E-state index in [-0.39, 0.29) is 5.91 Å². The molecule has 7 heteroatoms. The standard InChI is InChI=1S/C18H19Cl2N3O2/c1-11(25-17-6-5-12(19)9-14(17)20)18(24)22-7-8-23-16(10-22)13-3-2-4-15(13)21-23/h5-6,9,11H,2-4,7-8,10H2,1H3/t11-/m0/s1. The molecule has 0 bridgehead atoms. The van der Waals surface area contributed by atoms with Gasteiger partial charge in [0.1, 0.15) is 5.75 Å². The van der Waals surface area contributed by atoms with Crippen LogP contribution in [0, 0.1) is 0 Å². The lowest BCUT2D eigenvalue weighted by Gasteiger charge is -2.30. The Bertz CT molecular complexity index is 834. The number of benzene rings is 1. The highest BCUT2D eigenvalue weighted by atomic mass is 35.5. The molecule has 1 aromatic heterocycles. The zero-order chi connectivity index (χ0) is 17.6. The van der Waals surface area contributed by atoms with Crippen LogP contribution in [-0.4, -0.2) is 33.2 Å². The Balaban J connectivity index is 1.47. The van der Waals surface area contributed by atoms with Crippen molar-refractivity contribution < 1.29 is 9.53 Å². The molecule has 25 heavy (non-hydrogen) atoms. The number of amides is 1. The Kier molecular flexibility index (Phi) is 4.38. The van der Waals surface area contributed by atoms with Crippen LogP contribution in [-0.2, 0) is 30.7 Å². The lowest BCUT2D eigenvalue weighted by Crippen LogP contribution is -2.44. The van der Waals surface area contributed by atoms with Crippen molar-refractivity contribution in [3.05, 3.63) is 45.2 Å². The molecule has 4 rings (SSSR count). The number of halogens is 2. The average Bonchev–Trinajstić information content (AvgIpc) is 3.17. The zero-order valence-electron chi connectivity index (χ0n) is 14.0. The minimum Gasteiger partial charge on any atom is -0.479 e. The number of nitrogens with zero attached hydrogens (tertiary/aromatic N) is 3. The van der Waals surface area contributed by atoms with Crippen LogP contribution in [0.1, 0.15) is 30.3 Å². The van der Waals surface area contributed by atoms with Gasteiger partial charge in [0.2, 0.25) is 0 Å². The third-order valence-corrected chi connectivity index (χ3v) is 5.40. The van der Waals surface area contributed by atoms with Crippen molar-refractivity contribution in [2.45, 2.75) is 45.4 Å². The van der Waals surface area contributed by atoms with Gasteiger partial charge in [-0.3, -0.25) is 9.48 Å². The second kappa shape index (κ2) is 6.54. The highest BCUT2D eigenvalue weighted by molar-refractivity contribution is 6.35. The average molecular weight is 380 g/mol. The van der Waals surface area contributed by atoms with Gasteiger partial charge in [0, 0.05) is 11.6 Å². The van der Waals surface area contributed by atoms with Crippen LogP contribution in [0.15, 0.2) is 18.2 Å². The maximum atomic E-state index is 12.8. The van der Waals surface area contributed by atoms with E-state index in [9.17, 15) is 4.79 Å². The van der Waals surface area contributed by atoms with Crippen LogP contribution in [0.25, 0.3) is 0 Å². The molecule has 0 spiro atoms. The first-order chi connectivity index (χ1) is 12.0. The molecule has 0 N–H and O–H groups in total. The monoisotopic (exact) mass is 379 g/mol. The van der Waals surface area contributed by atoms with E-state index in [4.69, 9.17) is 27.9 Å². The van der Waals surface area contributed by atoms with Gasteiger partial charge in [-0.2, -0.15) is 5.10 Å². The quantitative estimate of drug-likeness (QED) is 0.819. The smallest absolute Gasteiger partial charge is 0.263 e. The molecule has 0 radical (unpaired) electrons. The van der Waals surface area contributed by atoms with E-state index in [0.717, 1.165) is 25.8 Å². The van der Waals surface area contributed by atoms with Gasteiger partial charge in [-0.15, -0.1) is 0 Å². The molecule has 132 valence electrons. The third-order valence-electron chi connectivity index (χ3n) is 4.87. The Morgan fingerprint density at radius 2 is 2.12 bits per heavy atom. The van der Waals surface area contributed by atoms with Crippen LogP contribution < -0.4 is 4.74 Å². The van der Waals surface area contributed by atoms with Gasteiger partial charge in [-0.25, -0.2) is 0 Å². The van der Waals surface area contributed by atoms with Crippen molar-refractivity contribution in [3.8, 4) is 5.75 Å². The van der Waals surface area contributed by atoms with Crippen molar-refractivity contribution in [2.24, 2.45) is 0 Å². The molecule has 1 aromatic carbocycles. The first-order valence-electron chi connectivity index (χ1n) is 8.51. The van der Waals surface area contributed by atoms with Crippen molar-refractivity contribution in [1.29, 1.82) is 0 Å². The lowest BCUT2D eigenvalue weighted by molar-refractivity contribution is -0.139. The van der Waals surface area contributed by atoms with Crippen LogP contribution in [0.2, 0.25) is 10.0 Å². The van der Waals surface area contributed by atoms with Gasteiger partial charge in [0.15, 0.2) is 6.10 Å². The number of carbonyl (C=O) groups excluding carboxylic acids is 1. The summed E-state index contributed by atoms with van der Waals surface area (Å²) < 4.78 is 7.84. The van der Waals surface area contributed by atoms with Gasteiger partial charge < -0.3 is 9.64 Å². The van der Waals surface area contributed by atoms with E-state index in [0.29, 0.717) is 28.9 Å². The molecule has 1 amide bonds. The van der Waals surface area contributed by atoms with E-state index in [2.05, 4.69) is 9.78 Å². The van der Waals surface area contributed by atoms with Gasteiger partial charge in [0.05, 0.1) is 29.5 Å². The molecular weight excluding hydrogens is 361 g/mol. The fraction of sp³-hybridized carbons (Fsp3) is 0.444. The number of aromatic nitrogens is 2. The number of rotatable bonds is 3. The van der Waals surface area contributed by atoms with Gasteiger partial charge in [0.25, 0.3) is 5.91 Å². The second-order valence-electron chi connectivity index (χ2n) is 6.54. The fourth-order valence-electron chi connectivity index (χ4n) is 3.60. The van der Waals surface area contributed by atoms with Gasteiger partial charge in [-0.1, -0.05) is 23.2 Å². The Hall–Kier alpha value is -1.72. The van der Waals surface area contributed by atoms with Gasteiger partial charge in [-0.05, 0) is 49.9 Å². The number of hydrogen-bond donors (Lipinski definition) is 0. The summed E-state index contributed by atoms with van der Waals surface area (Å²) in [5.74, 6) is 0.431. The van der Waals surface area contributed by atoms with Crippen LogP contribution in [0.4, 0.5) is 0 Å². The van der Waals surface area contributed by atoms with Crippen molar-refractivity contribution in [1.82, 2.24) is 14.7 Å². The molecule has 1 aliphatic carbocycles. The molecule has 1 aliphatic heterocycles. The normalized spacial score (nSPS) is 17.2. The largest absolute Gasteiger partial charge is 0.479 e. The summed E-state index contributed by atoms with van der Waals surface area (Å²) in [6, 6.07) is 4.99. The molecule has 0 unspecified atom stereocenters. The fourth-order valence-corrected chi connectivity index (χ4v) is 4.06. The third kappa shape index (κ3) is 3.11. The van der Waals surface area contributed by atoms with Crippen molar-refractivity contribution in [3.63, 3.8) is 0 Å². The summed E-state index contributed by atoms with van der Waals surface area (Å²) in [6.07, 6.45) is 2.67. The lowest BCUT2D eigenvalue weighted by atomic mass is 10.1. The number of hydrogen-bond acceptors (Lipinski definition) is 3. The summed E-state index contributed by atoms with van der Waals surface area (Å²) in [5.41, 5.74) is 3.73. The number of fused-ring (bicyclic) bond motifs is 3. The first-order valence-corrected chi connectivity index (χ1v) is 9.26. The SMILES string of the molecule is C[C@H](Oc1ccc(Cl)cc1Cl)C(=O)N1CCn2nc3c(c2C1)CCC3. The molecule has 5 nitrogen and oxygen atoms in total. The minimum absolute atomic E-state index is 0.0368. The molecule has 0 saturated carbocycles. The number of carbonyl (C=O) groups is 1. The van der Waals surface area contributed by atoms with Crippen molar-refractivity contribution in [2.75, 3.05) is 6.54 Å². The maximum Gasteiger partial charge on any atom is 0.263 e. The highest BCUT2D eigenvalue weighted by Gasteiger charge is 2.31. The van der Waals surface area contributed by atoms with Crippen molar-refractivity contribution >= 4 is 29.1 Å². The zero-order valence-corrected chi connectivity index (χ0v) is 15.5. The summed E-state index contributed by atoms with van der Waals surface area (Å²) >= 11 is 12.0. The molecule has 2 heterocycles. The molecule has 0 fully saturated rings. The van der Waals surface area contributed by atoms with Crippen LogP contribution in [0.5, 0.6) is 5.75 Å². The summed E-state index contributed by atoms with van der Waals surface area (Å²) in [7, 11) is 0. The Morgan fingerprint density at radius 3 is 2.92 bits per heavy atom. The first kappa shape index (κ1) is 16.7. The summed E-state index contributed by atoms with van der Waals surface area (Å²) in [4.78, 5) is 14.7. The molecular formula is C18H19Cl2N3O2. The van der Waals surface area contributed by atoms with Gasteiger partial charge >= 0.3 is 0 Å². The van der Waals surface area contributed by atoms with E-state index < -0.39 is 6.10 Å². The molecule has 1 atom stereocenters. The molecule has 2 aromatic rings. The Labute approximate surface area is 156 Å². The van der Waals surface area contributed by atoms with Crippen LogP contribution in [0.3, 0.4) is 0 Å². The number of aryl methyl sites for hydroxylation is 1. The predicted molar refractivity (Wildman–Crippen MR) is 96.2 cm³/mol. The molecule has 2 aliphatic rings. The topological polar surface area (TPSA) is 47.4 Å². The highest BCUT2D eigenvalue weighted by Crippen LogP contribution is 2.30. The number of ether oxygens (including phenoxy) is 1. The minimum atomic E-state index is -0.610. The van der Waals surface area contributed by atoms with E-state index in [1.54, 1.807) is 25.1 Å². The van der Waals surface area contributed by atoms with E-state index in [1.807, 2.05) is 4.90 Å². The summed E-state index contributed by atoms with van der Waals surface area (Å²) in [6.45, 7) is 3.74. The Morgan fingerprint density at radius 1 is 1.28 bits per heavy atom. The van der Waals surface area contributed by atoms with E-state index >= 15 is 0 Å². The molecule has 0 saturated heterocycles. The predicted octanol–water partition coefficient (Wildman–Crippen LogP) is 3.49.